The molecule has 0 spiro atoms. The second-order valence-corrected chi connectivity index (χ2v) is 7.95. The Morgan fingerprint density at radius 1 is 1.32 bits per heavy atom. The Morgan fingerprint density at radius 3 is 2.75 bits per heavy atom. The van der Waals surface area contributed by atoms with Crippen LogP contribution in [0.2, 0.25) is 5.02 Å². The molecule has 0 bridgehead atoms. The zero-order valence-corrected chi connectivity index (χ0v) is 17.0. The molecule has 28 heavy (non-hydrogen) atoms. The van der Waals surface area contributed by atoms with Crippen molar-refractivity contribution in [1.82, 2.24) is 9.80 Å². The van der Waals surface area contributed by atoms with Crippen molar-refractivity contribution >= 4 is 17.5 Å². The maximum atomic E-state index is 13.4. The van der Waals surface area contributed by atoms with Gasteiger partial charge in [0.15, 0.2) is 0 Å². The smallest absolute Gasteiger partial charge is 0.254 e. The van der Waals surface area contributed by atoms with Crippen LogP contribution in [-0.2, 0) is 12.1 Å². The molecule has 5 nitrogen and oxygen atoms in total. The molecule has 1 heterocycles. The topological polar surface area (TPSA) is 53.0 Å². The molecule has 0 saturated carbocycles. The Hall–Kier alpha value is -2.15. The second-order valence-electron chi connectivity index (χ2n) is 7.54. The highest BCUT2D eigenvalue weighted by molar-refractivity contribution is 6.31. The Morgan fingerprint density at radius 2 is 2.07 bits per heavy atom. The largest absolute Gasteiger partial charge is 0.491 e. The average molecular weight is 407 g/mol. The molecule has 1 unspecified atom stereocenters. The number of nitrogens with zero attached hydrogens (tertiary/aromatic N) is 2. The van der Waals surface area contributed by atoms with E-state index < -0.39 is 11.4 Å². The van der Waals surface area contributed by atoms with E-state index in [1.165, 1.54) is 18.2 Å². The van der Waals surface area contributed by atoms with Crippen LogP contribution >= 0.6 is 11.6 Å². The molecule has 7 heteroatoms. The summed E-state index contributed by atoms with van der Waals surface area (Å²) in [7, 11) is 3.80. The number of likely N-dealkylation sites (N-methyl/N-ethyl adjacent to an activating group) is 1. The van der Waals surface area contributed by atoms with Gasteiger partial charge in [0, 0.05) is 24.2 Å². The zero-order valence-electron chi connectivity index (χ0n) is 16.2. The second kappa shape index (κ2) is 8.07. The lowest BCUT2D eigenvalue weighted by atomic mass is 9.93. The van der Waals surface area contributed by atoms with Gasteiger partial charge in [-0.05, 0) is 56.9 Å². The fourth-order valence-corrected chi connectivity index (χ4v) is 3.60. The monoisotopic (exact) mass is 406 g/mol. The number of hydrogen-bond donors (Lipinski definition) is 1. The van der Waals surface area contributed by atoms with Crippen molar-refractivity contribution < 1.29 is 19.0 Å². The van der Waals surface area contributed by atoms with E-state index in [4.69, 9.17) is 16.3 Å². The summed E-state index contributed by atoms with van der Waals surface area (Å²) in [5, 5.41) is 10.7. The fourth-order valence-electron chi connectivity index (χ4n) is 3.42. The standard InChI is InChI=1S/C21H24ClFN2O3/c1-21(27,13-24(2)3)16-5-7-19-15(10-16)12-25(8-9-28-19)20(26)14-4-6-18(23)17(22)11-14/h4-7,10-11,27H,8-9,12-13H2,1-3H3. The van der Waals surface area contributed by atoms with Gasteiger partial charge in [0.2, 0.25) is 0 Å². The van der Waals surface area contributed by atoms with Crippen LogP contribution in [0.4, 0.5) is 4.39 Å². The van der Waals surface area contributed by atoms with E-state index in [1.54, 1.807) is 11.8 Å². The Bertz CT molecular complexity index is 886. The van der Waals surface area contributed by atoms with Gasteiger partial charge in [-0.15, -0.1) is 0 Å². The Kier molecular flexibility index (Phi) is 5.93. The maximum Gasteiger partial charge on any atom is 0.254 e. The summed E-state index contributed by atoms with van der Waals surface area (Å²) in [5.74, 6) is -0.115. The van der Waals surface area contributed by atoms with Gasteiger partial charge in [0.25, 0.3) is 5.91 Å². The van der Waals surface area contributed by atoms with Gasteiger partial charge in [-0.25, -0.2) is 4.39 Å². The third-order valence-corrected chi connectivity index (χ3v) is 5.03. The number of benzene rings is 2. The van der Waals surface area contributed by atoms with Gasteiger partial charge in [-0.3, -0.25) is 4.79 Å². The van der Waals surface area contributed by atoms with Crippen LogP contribution < -0.4 is 4.74 Å². The first-order valence-corrected chi connectivity index (χ1v) is 9.43. The highest BCUT2D eigenvalue weighted by Crippen LogP contribution is 2.30. The third kappa shape index (κ3) is 4.46. The Labute approximate surface area is 169 Å². The SMILES string of the molecule is CN(C)CC(C)(O)c1ccc2c(c1)CN(C(=O)c1ccc(F)c(Cl)c1)CCO2. The van der Waals surface area contributed by atoms with Crippen LogP contribution in [0.5, 0.6) is 5.75 Å². The van der Waals surface area contributed by atoms with Gasteiger partial charge < -0.3 is 19.6 Å². The lowest BCUT2D eigenvalue weighted by Gasteiger charge is -2.28. The van der Waals surface area contributed by atoms with Crippen molar-refractivity contribution in [3.05, 3.63) is 63.9 Å². The van der Waals surface area contributed by atoms with E-state index in [9.17, 15) is 14.3 Å². The maximum absolute atomic E-state index is 13.4. The van der Waals surface area contributed by atoms with Crippen molar-refractivity contribution in [1.29, 1.82) is 0 Å². The third-order valence-electron chi connectivity index (χ3n) is 4.74. The molecule has 150 valence electrons. The minimum atomic E-state index is -1.04. The number of rotatable bonds is 4. The van der Waals surface area contributed by atoms with Gasteiger partial charge in [0.05, 0.1) is 17.2 Å². The summed E-state index contributed by atoms with van der Waals surface area (Å²) < 4.78 is 19.2. The summed E-state index contributed by atoms with van der Waals surface area (Å²) in [6.07, 6.45) is 0. The number of carbonyl (C=O) groups is 1. The number of amides is 1. The number of aliphatic hydroxyl groups is 1. The molecule has 1 aliphatic heterocycles. The summed E-state index contributed by atoms with van der Waals surface area (Å²) in [6.45, 7) is 3.29. The first-order valence-electron chi connectivity index (χ1n) is 9.05. The summed E-state index contributed by atoms with van der Waals surface area (Å²) in [6, 6.07) is 9.51. The molecule has 0 aliphatic carbocycles. The average Bonchev–Trinajstić information content (AvgIpc) is 2.84. The van der Waals surface area contributed by atoms with Crippen molar-refractivity contribution in [2.24, 2.45) is 0 Å². The molecule has 0 fully saturated rings. The van der Waals surface area contributed by atoms with Crippen LogP contribution in [0.25, 0.3) is 0 Å². The molecule has 0 saturated heterocycles. The van der Waals surface area contributed by atoms with Crippen molar-refractivity contribution in [2.75, 3.05) is 33.8 Å². The lowest BCUT2D eigenvalue weighted by Crippen LogP contribution is -2.35. The molecule has 1 aliphatic rings. The molecular formula is C21H24ClFN2O3. The number of fused-ring (bicyclic) bond motifs is 1. The molecule has 3 rings (SSSR count). The summed E-state index contributed by atoms with van der Waals surface area (Å²) in [5.41, 5.74) is 0.855. The van der Waals surface area contributed by atoms with E-state index in [0.29, 0.717) is 37.6 Å². The van der Waals surface area contributed by atoms with Gasteiger partial charge >= 0.3 is 0 Å². The van der Waals surface area contributed by atoms with Crippen molar-refractivity contribution in [2.45, 2.75) is 19.1 Å². The predicted molar refractivity (Wildman–Crippen MR) is 106 cm³/mol. The molecule has 1 atom stereocenters. The first kappa shape index (κ1) is 20.6. The van der Waals surface area contributed by atoms with Crippen LogP contribution in [0.3, 0.4) is 0 Å². The molecule has 1 amide bonds. The quantitative estimate of drug-likeness (QED) is 0.846. The van der Waals surface area contributed by atoms with Crippen molar-refractivity contribution in [3.8, 4) is 5.75 Å². The minimum absolute atomic E-state index is 0.0839. The van der Waals surface area contributed by atoms with Crippen LogP contribution in [0, 0.1) is 5.82 Å². The number of halogens is 2. The molecule has 1 N–H and O–H groups in total. The summed E-state index contributed by atoms with van der Waals surface area (Å²) in [4.78, 5) is 16.4. The minimum Gasteiger partial charge on any atom is -0.491 e. The van der Waals surface area contributed by atoms with E-state index in [0.717, 1.165) is 11.1 Å². The van der Waals surface area contributed by atoms with Crippen LogP contribution in [0.1, 0.15) is 28.4 Å². The van der Waals surface area contributed by atoms with Gasteiger partial charge in [0.1, 0.15) is 18.2 Å². The molecule has 2 aromatic rings. The predicted octanol–water partition coefficient (Wildman–Crippen LogP) is 3.28. The van der Waals surface area contributed by atoms with Crippen LogP contribution in [0.15, 0.2) is 36.4 Å². The number of ether oxygens (including phenoxy) is 1. The zero-order chi connectivity index (χ0) is 20.5. The molecule has 2 aromatic carbocycles. The highest BCUT2D eigenvalue weighted by atomic mass is 35.5. The van der Waals surface area contributed by atoms with Gasteiger partial charge in [-0.1, -0.05) is 17.7 Å². The molecular weight excluding hydrogens is 383 g/mol. The Balaban J connectivity index is 1.87. The molecule has 0 radical (unpaired) electrons. The number of carbonyl (C=O) groups excluding carboxylic acids is 1. The van der Waals surface area contributed by atoms with E-state index in [1.807, 2.05) is 37.2 Å². The van der Waals surface area contributed by atoms with E-state index in [2.05, 4.69) is 0 Å². The summed E-state index contributed by atoms with van der Waals surface area (Å²) >= 11 is 5.82. The molecule has 0 aromatic heterocycles. The van der Waals surface area contributed by atoms with Gasteiger partial charge in [-0.2, -0.15) is 0 Å². The van der Waals surface area contributed by atoms with E-state index in [-0.39, 0.29) is 10.9 Å². The number of hydrogen-bond acceptors (Lipinski definition) is 4. The fraction of sp³-hybridized carbons (Fsp3) is 0.381. The first-order chi connectivity index (χ1) is 13.2. The van der Waals surface area contributed by atoms with Crippen molar-refractivity contribution in [3.63, 3.8) is 0 Å². The van der Waals surface area contributed by atoms with Crippen LogP contribution in [-0.4, -0.2) is 54.6 Å². The lowest BCUT2D eigenvalue weighted by molar-refractivity contribution is 0.0299. The van der Waals surface area contributed by atoms with E-state index >= 15 is 0 Å². The normalized spacial score (nSPS) is 16.2. The highest BCUT2D eigenvalue weighted by Gasteiger charge is 2.27.